The molecule has 1 aliphatic rings. The summed E-state index contributed by atoms with van der Waals surface area (Å²) in [4.78, 5) is 36.0. The first kappa shape index (κ1) is 32.7. The molecule has 0 N–H and O–H groups in total. The third-order valence-corrected chi connectivity index (χ3v) is 8.07. The summed E-state index contributed by atoms with van der Waals surface area (Å²) in [6.07, 6.45) is 0.777. The Balaban J connectivity index is 1.20. The maximum atomic E-state index is 12.9. The molecule has 0 aliphatic carbocycles. The Morgan fingerprint density at radius 2 is 1.78 bits per heavy atom. The molecule has 0 bridgehead atoms. The first-order chi connectivity index (χ1) is 21.9. The molecule has 1 aromatic heterocycles. The third-order valence-electron chi connectivity index (χ3n) is 7.14. The van der Waals surface area contributed by atoms with Crippen molar-refractivity contribution in [3.05, 3.63) is 95.8 Å². The molecule has 1 aliphatic heterocycles. The molecule has 2 heterocycles. The summed E-state index contributed by atoms with van der Waals surface area (Å²) in [7, 11) is 0. The molecule has 1 atom stereocenters. The van der Waals surface area contributed by atoms with E-state index in [9.17, 15) is 22.8 Å². The lowest BCUT2D eigenvalue weighted by Crippen LogP contribution is -2.31. The van der Waals surface area contributed by atoms with E-state index >= 15 is 0 Å². The van der Waals surface area contributed by atoms with Crippen LogP contribution in [-0.2, 0) is 9.59 Å². The summed E-state index contributed by atoms with van der Waals surface area (Å²) in [5.74, 6) is 0.104. The van der Waals surface area contributed by atoms with Crippen LogP contribution in [0.15, 0.2) is 84.1 Å². The fourth-order valence-corrected chi connectivity index (χ4v) is 5.73. The van der Waals surface area contributed by atoms with Crippen LogP contribution in [0.1, 0.15) is 49.8 Å². The van der Waals surface area contributed by atoms with Crippen molar-refractivity contribution >= 4 is 40.5 Å². The van der Waals surface area contributed by atoms with Gasteiger partial charge in [0.25, 0.3) is 0 Å². The maximum absolute atomic E-state index is 12.9. The highest BCUT2D eigenvalue weighted by Gasteiger charge is 2.33. The van der Waals surface area contributed by atoms with Crippen molar-refractivity contribution in [1.29, 1.82) is 0 Å². The Labute approximate surface area is 269 Å². The van der Waals surface area contributed by atoms with Gasteiger partial charge in [-0.15, -0.1) is 18.3 Å². The molecule has 4 aromatic rings. The van der Waals surface area contributed by atoms with Gasteiger partial charge in [-0.3, -0.25) is 14.5 Å². The van der Waals surface area contributed by atoms with Crippen LogP contribution in [0.2, 0.25) is 0 Å². The lowest BCUT2D eigenvalue weighted by molar-refractivity contribution is -0.274. The fourth-order valence-electron chi connectivity index (χ4n) is 4.85. The number of aliphatic imine (C=N–C) groups is 1. The number of amidine groups is 1. The second-order valence-corrected chi connectivity index (χ2v) is 12.2. The van der Waals surface area contributed by atoms with Gasteiger partial charge in [0.1, 0.15) is 12.1 Å². The average molecular weight is 648 g/mol. The zero-order chi connectivity index (χ0) is 33.0. The SMILES string of the molecule is Cc1ccc(C(C)C)c(N2C(=O)CSC2=NC(=O)CC(C)/C=C/c2ccc(-c3ncn(-c4ccc(OC(F)(F)F)cc4)n3)cc2)c1. The number of halogens is 3. The number of rotatable bonds is 9. The highest BCUT2D eigenvalue weighted by molar-refractivity contribution is 8.15. The van der Waals surface area contributed by atoms with E-state index in [1.54, 1.807) is 4.90 Å². The van der Waals surface area contributed by atoms with E-state index in [-0.39, 0.29) is 41.6 Å². The van der Waals surface area contributed by atoms with Crippen LogP contribution < -0.4 is 9.64 Å². The molecular formula is C34H32F3N5O3S. The van der Waals surface area contributed by atoms with Crippen molar-refractivity contribution in [3.8, 4) is 22.8 Å². The third kappa shape index (κ3) is 8.11. The predicted molar refractivity (Wildman–Crippen MR) is 174 cm³/mol. The van der Waals surface area contributed by atoms with Crippen LogP contribution in [0.5, 0.6) is 5.75 Å². The van der Waals surface area contributed by atoms with E-state index in [1.807, 2.05) is 68.5 Å². The number of thioether (sulfide) groups is 1. The van der Waals surface area contributed by atoms with Gasteiger partial charge in [0.2, 0.25) is 11.8 Å². The number of benzene rings is 3. The molecule has 8 nitrogen and oxygen atoms in total. The molecule has 1 saturated heterocycles. The van der Waals surface area contributed by atoms with Crippen molar-refractivity contribution in [2.24, 2.45) is 10.9 Å². The van der Waals surface area contributed by atoms with Gasteiger partial charge in [-0.1, -0.05) is 81.1 Å². The number of hydrogen-bond donors (Lipinski definition) is 0. The van der Waals surface area contributed by atoms with Gasteiger partial charge in [0, 0.05) is 12.0 Å². The highest BCUT2D eigenvalue weighted by Crippen LogP contribution is 2.34. The van der Waals surface area contributed by atoms with Crippen molar-refractivity contribution in [2.45, 2.75) is 46.4 Å². The number of hydrogen-bond acceptors (Lipinski definition) is 6. The Hall–Kier alpha value is -4.71. The Morgan fingerprint density at radius 3 is 2.46 bits per heavy atom. The molecule has 238 valence electrons. The second-order valence-electron chi connectivity index (χ2n) is 11.2. The molecule has 0 saturated carbocycles. The molecule has 1 unspecified atom stereocenters. The number of ether oxygens (including phenoxy) is 1. The number of alkyl halides is 3. The van der Waals surface area contributed by atoms with Crippen molar-refractivity contribution in [1.82, 2.24) is 14.8 Å². The number of aryl methyl sites for hydroxylation is 1. The van der Waals surface area contributed by atoms with Crippen LogP contribution in [0, 0.1) is 12.8 Å². The first-order valence-corrected chi connectivity index (χ1v) is 15.6. The van der Waals surface area contributed by atoms with E-state index in [0.717, 1.165) is 27.9 Å². The van der Waals surface area contributed by atoms with Gasteiger partial charge in [-0.05, 0) is 65.8 Å². The lowest BCUT2D eigenvalue weighted by Gasteiger charge is -2.22. The van der Waals surface area contributed by atoms with Gasteiger partial charge in [0.15, 0.2) is 11.0 Å². The molecule has 12 heteroatoms. The summed E-state index contributed by atoms with van der Waals surface area (Å²) >= 11 is 1.28. The number of nitrogens with zero attached hydrogens (tertiary/aromatic N) is 5. The lowest BCUT2D eigenvalue weighted by atomic mass is 9.99. The Bertz CT molecular complexity index is 1780. The first-order valence-electron chi connectivity index (χ1n) is 14.6. The van der Waals surface area contributed by atoms with E-state index in [1.165, 1.54) is 47.0 Å². The molecule has 5 rings (SSSR count). The summed E-state index contributed by atoms with van der Waals surface area (Å²) in [5, 5.41) is 4.84. The molecule has 0 radical (unpaired) electrons. The van der Waals surface area contributed by atoms with Gasteiger partial charge >= 0.3 is 6.36 Å². The van der Waals surface area contributed by atoms with Gasteiger partial charge in [-0.2, -0.15) is 4.99 Å². The van der Waals surface area contributed by atoms with E-state index in [0.29, 0.717) is 16.7 Å². The number of carbonyl (C=O) groups excluding carboxylic acids is 2. The molecule has 46 heavy (non-hydrogen) atoms. The zero-order valence-electron chi connectivity index (χ0n) is 25.7. The van der Waals surface area contributed by atoms with Gasteiger partial charge in [-0.25, -0.2) is 9.67 Å². The number of amides is 2. The Morgan fingerprint density at radius 1 is 1.07 bits per heavy atom. The number of aromatic nitrogens is 3. The van der Waals surface area contributed by atoms with Crippen molar-refractivity contribution in [3.63, 3.8) is 0 Å². The predicted octanol–water partition coefficient (Wildman–Crippen LogP) is 7.97. The molecule has 2 amide bonds. The zero-order valence-corrected chi connectivity index (χ0v) is 26.5. The smallest absolute Gasteiger partial charge is 0.406 e. The summed E-state index contributed by atoms with van der Waals surface area (Å²) in [5.41, 5.74) is 5.04. The topological polar surface area (TPSA) is 89.7 Å². The van der Waals surface area contributed by atoms with Gasteiger partial charge in [0.05, 0.1) is 17.1 Å². The summed E-state index contributed by atoms with van der Waals surface area (Å²) in [6.45, 7) is 8.05. The summed E-state index contributed by atoms with van der Waals surface area (Å²) < 4.78 is 42.6. The average Bonchev–Trinajstić information content (AvgIpc) is 3.63. The Kier molecular flexibility index (Phi) is 9.76. The molecular weight excluding hydrogens is 615 g/mol. The quantitative estimate of drug-likeness (QED) is 0.183. The minimum atomic E-state index is -4.76. The second kappa shape index (κ2) is 13.7. The molecule has 3 aromatic carbocycles. The van der Waals surface area contributed by atoms with E-state index < -0.39 is 6.36 Å². The molecule has 1 fully saturated rings. The minimum absolute atomic E-state index is 0.0870. The normalized spacial score (nSPS) is 15.3. The fraction of sp³-hybridized carbons (Fsp3) is 0.265. The number of anilines is 1. The van der Waals surface area contributed by atoms with E-state index in [4.69, 9.17) is 0 Å². The highest BCUT2D eigenvalue weighted by atomic mass is 32.2. The maximum Gasteiger partial charge on any atom is 0.573 e. The van der Waals surface area contributed by atoms with Crippen LogP contribution >= 0.6 is 11.8 Å². The van der Waals surface area contributed by atoms with Crippen LogP contribution in [0.25, 0.3) is 23.2 Å². The van der Waals surface area contributed by atoms with Gasteiger partial charge < -0.3 is 4.74 Å². The van der Waals surface area contributed by atoms with Crippen LogP contribution in [0.3, 0.4) is 0 Å². The largest absolute Gasteiger partial charge is 0.573 e. The number of allylic oxidation sites excluding steroid dienone is 1. The van der Waals surface area contributed by atoms with Crippen molar-refractivity contribution < 1.29 is 27.5 Å². The summed E-state index contributed by atoms with van der Waals surface area (Å²) in [6, 6.07) is 18.9. The van der Waals surface area contributed by atoms with E-state index in [2.05, 4.69) is 33.7 Å². The van der Waals surface area contributed by atoms with Crippen molar-refractivity contribution in [2.75, 3.05) is 10.7 Å². The van der Waals surface area contributed by atoms with Crippen LogP contribution in [0.4, 0.5) is 18.9 Å². The molecule has 0 spiro atoms. The standard InChI is InChI=1S/C34H32F3N5O3S/c1-21(2)28-16-6-22(3)17-29(28)42-31(44)19-46-33(42)39-30(43)18-23(4)5-7-24-8-10-25(11-9-24)32-38-20-41(40-32)26-12-14-27(15-13-26)45-34(35,36)37/h5-17,20-21,23H,18-19H2,1-4H3/b7-5+,39-33?. The number of carbonyl (C=O) groups is 2. The van der Waals surface area contributed by atoms with Crippen LogP contribution in [-0.4, -0.2) is 43.9 Å². The minimum Gasteiger partial charge on any atom is -0.406 e. The monoisotopic (exact) mass is 647 g/mol.